The molecule has 0 bridgehead atoms. The van der Waals surface area contributed by atoms with E-state index in [4.69, 9.17) is 12.2 Å². The smallest absolute Gasteiger partial charge is 0.213 e. The first-order valence-corrected chi connectivity index (χ1v) is 7.34. The number of fused-ring (bicyclic) bond motifs is 3. The molecule has 2 heterocycles. The molecule has 0 fully saturated rings. The summed E-state index contributed by atoms with van der Waals surface area (Å²) in [4.78, 5) is 4.39. The van der Waals surface area contributed by atoms with Crippen molar-refractivity contribution in [2.45, 2.75) is 25.2 Å². The molecule has 4 nitrogen and oxygen atoms in total. The van der Waals surface area contributed by atoms with Gasteiger partial charge in [-0.05, 0) is 43.1 Å². The van der Waals surface area contributed by atoms with Crippen molar-refractivity contribution in [1.29, 1.82) is 0 Å². The largest absolute Gasteiger partial charge is 0.347 e. The van der Waals surface area contributed by atoms with Crippen molar-refractivity contribution >= 4 is 23.1 Å². The van der Waals surface area contributed by atoms with Gasteiger partial charge < -0.3 is 4.57 Å². The van der Waals surface area contributed by atoms with Crippen molar-refractivity contribution in [2.24, 2.45) is 7.05 Å². The molecule has 0 amide bonds. The summed E-state index contributed by atoms with van der Waals surface area (Å²) in [5.41, 5.74) is 4.27. The van der Waals surface area contributed by atoms with Gasteiger partial charge in [0.05, 0.1) is 0 Å². The fourth-order valence-corrected chi connectivity index (χ4v) is 3.59. The summed E-state index contributed by atoms with van der Waals surface area (Å²) >= 11 is 5.06. The van der Waals surface area contributed by atoms with Crippen LogP contribution < -0.4 is 0 Å². The zero-order valence-electron chi connectivity index (χ0n) is 11.3. The molecule has 1 aromatic carbocycles. The van der Waals surface area contributed by atoms with Crippen molar-refractivity contribution in [3.05, 3.63) is 46.1 Å². The maximum absolute atomic E-state index is 5.06. The van der Waals surface area contributed by atoms with Crippen molar-refractivity contribution in [3.8, 4) is 0 Å². The fourth-order valence-electron chi connectivity index (χ4n) is 3.44. The number of aromatic nitrogens is 4. The van der Waals surface area contributed by atoms with Crippen LogP contribution in [0.1, 0.15) is 29.4 Å². The van der Waals surface area contributed by atoms with E-state index in [9.17, 15) is 0 Å². The van der Waals surface area contributed by atoms with Crippen molar-refractivity contribution in [1.82, 2.24) is 19.7 Å². The minimum atomic E-state index is 0.432. The number of nitrogens with zero attached hydrogens (tertiary/aromatic N) is 2. The van der Waals surface area contributed by atoms with Gasteiger partial charge in [0, 0.05) is 29.6 Å². The number of hydrogen-bond donors (Lipinski definition) is 2. The van der Waals surface area contributed by atoms with Gasteiger partial charge >= 0.3 is 0 Å². The van der Waals surface area contributed by atoms with Crippen LogP contribution in [-0.4, -0.2) is 19.7 Å². The molecule has 2 aromatic heterocycles. The van der Waals surface area contributed by atoms with E-state index in [1.54, 1.807) is 0 Å². The molecule has 102 valence electrons. The van der Waals surface area contributed by atoms with Gasteiger partial charge in [0.1, 0.15) is 5.82 Å². The third-order valence-electron chi connectivity index (χ3n) is 4.43. The average Bonchev–Trinajstić information content (AvgIpc) is 3.03. The molecule has 0 aliphatic heterocycles. The summed E-state index contributed by atoms with van der Waals surface area (Å²) in [7, 11) is 2.17. The van der Waals surface area contributed by atoms with E-state index in [2.05, 4.69) is 51.1 Å². The van der Waals surface area contributed by atoms with Gasteiger partial charge in [-0.25, -0.2) is 4.98 Å². The average molecular weight is 284 g/mol. The minimum Gasteiger partial charge on any atom is -0.347 e. The van der Waals surface area contributed by atoms with Gasteiger partial charge in [0.15, 0.2) is 0 Å². The first-order valence-electron chi connectivity index (χ1n) is 6.94. The Hall–Kier alpha value is -1.88. The lowest BCUT2D eigenvalue weighted by atomic mass is 9.86. The second-order valence-corrected chi connectivity index (χ2v) is 5.88. The van der Waals surface area contributed by atoms with E-state index in [1.807, 2.05) is 0 Å². The van der Waals surface area contributed by atoms with Crippen LogP contribution in [0.4, 0.5) is 0 Å². The molecule has 0 saturated carbocycles. The maximum Gasteiger partial charge on any atom is 0.213 e. The number of aryl methyl sites for hydroxylation is 1. The van der Waals surface area contributed by atoms with Crippen LogP contribution >= 0.6 is 12.2 Å². The van der Waals surface area contributed by atoms with Gasteiger partial charge in [-0.3, -0.25) is 10.2 Å². The predicted octanol–water partition coefficient (Wildman–Crippen LogP) is 3.23. The van der Waals surface area contributed by atoms with Gasteiger partial charge in [-0.2, -0.15) is 0 Å². The number of para-hydroxylation sites is 1. The van der Waals surface area contributed by atoms with Gasteiger partial charge in [0.2, 0.25) is 4.77 Å². The Balaban J connectivity index is 1.82. The lowest BCUT2D eigenvalue weighted by molar-refractivity contribution is 0.544. The van der Waals surface area contributed by atoms with E-state index < -0.39 is 0 Å². The normalized spacial score (nSPS) is 18.4. The Labute approximate surface area is 121 Å². The van der Waals surface area contributed by atoms with Crippen LogP contribution in [-0.2, 0) is 19.9 Å². The Morgan fingerprint density at radius 1 is 1.30 bits per heavy atom. The summed E-state index contributed by atoms with van der Waals surface area (Å²) in [5.74, 6) is 1.43. The van der Waals surface area contributed by atoms with Gasteiger partial charge in [0.25, 0.3) is 0 Å². The molecule has 1 atom stereocenters. The number of benzene rings is 1. The van der Waals surface area contributed by atoms with Crippen LogP contribution in [0.2, 0.25) is 0 Å². The Morgan fingerprint density at radius 3 is 2.95 bits per heavy atom. The molecule has 3 aromatic rings. The molecule has 20 heavy (non-hydrogen) atoms. The molecule has 5 heteroatoms. The van der Waals surface area contributed by atoms with Crippen LogP contribution in [0, 0.1) is 4.77 Å². The van der Waals surface area contributed by atoms with Crippen molar-refractivity contribution < 1.29 is 0 Å². The molecule has 1 aliphatic rings. The molecular formula is C15H16N4S. The Kier molecular flexibility index (Phi) is 2.57. The second-order valence-electron chi connectivity index (χ2n) is 5.49. The van der Waals surface area contributed by atoms with Gasteiger partial charge in [-0.1, -0.05) is 18.2 Å². The van der Waals surface area contributed by atoms with E-state index in [1.165, 1.54) is 22.2 Å². The van der Waals surface area contributed by atoms with Crippen molar-refractivity contribution in [2.75, 3.05) is 0 Å². The SMILES string of the molecule is Cn1c2c(c3ccccc31)C[C@H](c1nc(=S)[nH][nH]1)CC2. The summed E-state index contributed by atoms with van der Waals surface area (Å²) in [6.07, 6.45) is 3.25. The van der Waals surface area contributed by atoms with Crippen LogP contribution in [0.5, 0.6) is 0 Å². The molecule has 0 spiro atoms. The van der Waals surface area contributed by atoms with Gasteiger partial charge in [-0.15, -0.1) is 0 Å². The highest BCUT2D eigenvalue weighted by atomic mass is 32.1. The van der Waals surface area contributed by atoms with Crippen molar-refractivity contribution in [3.63, 3.8) is 0 Å². The van der Waals surface area contributed by atoms with E-state index in [0.717, 1.165) is 25.1 Å². The zero-order chi connectivity index (χ0) is 13.7. The third kappa shape index (κ3) is 1.66. The number of rotatable bonds is 1. The lowest BCUT2D eigenvalue weighted by Gasteiger charge is -2.21. The number of nitrogens with one attached hydrogen (secondary N) is 2. The minimum absolute atomic E-state index is 0.432. The molecule has 0 radical (unpaired) electrons. The first kappa shape index (κ1) is 11.9. The number of H-pyrrole nitrogens is 2. The topological polar surface area (TPSA) is 49.4 Å². The fraction of sp³-hybridized carbons (Fsp3) is 0.333. The summed E-state index contributed by atoms with van der Waals surface area (Å²) in [6.45, 7) is 0. The number of hydrogen-bond acceptors (Lipinski definition) is 2. The first-order chi connectivity index (χ1) is 9.74. The molecular weight excluding hydrogens is 268 g/mol. The molecule has 4 rings (SSSR count). The Bertz CT molecular complexity index is 839. The van der Waals surface area contributed by atoms with Crippen LogP contribution in [0.3, 0.4) is 0 Å². The second kappa shape index (κ2) is 4.31. The van der Waals surface area contributed by atoms with Crippen LogP contribution in [0.15, 0.2) is 24.3 Å². The summed E-state index contributed by atoms with van der Waals surface area (Å²) in [6, 6.07) is 8.65. The standard InChI is InChI=1S/C15H16N4S/c1-19-12-5-3-2-4-10(12)11-8-9(6-7-13(11)19)14-16-15(20)18-17-14/h2-5,9H,6-8H2,1H3,(H2,16,17,18,20)/t9-/m1/s1. The lowest BCUT2D eigenvalue weighted by Crippen LogP contribution is -2.15. The summed E-state index contributed by atoms with van der Waals surface area (Å²) < 4.78 is 2.89. The highest BCUT2D eigenvalue weighted by Crippen LogP contribution is 2.36. The molecule has 0 unspecified atom stereocenters. The zero-order valence-corrected chi connectivity index (χ0v) is 12.1. The monoisotopic (exact) mass is 284 g/mol. The third-order valence-corrected chi connectivity index (χ3v) is 4.62. The van der Waals surface area contributed by atoms with E-state index >= 15 is 0 Å². The quantitative estimate of drug-likeness (QED) is 0.674. The highest BCUT2D eigenvalue weighted by molar-refractivity contribution is 7.71. The maximum atomic E-state index is 5.06. The molecule has 0 saturated heterocycles. The number of aromatic amines is 2. The van der Waals surface area contributed by atoms with E-state index in [-0.39, 0.29) is 0 Å². The Morgan fingerprint density at radius 2 is 2.15 bits per heavy atom. The molecule has 2 N–H and O–H groups in total. The molecule has 1 aliphatic carbocycles. The van der Waals surface area contributed by atoms with Crippen LogP contribution in [0.25, 0.3) is 10.9 Å². The van der Waals surface area contributed by atoms with E-state index in [0.29, 0.717) is 10.7 Å². The highest BCUT2D eigenvalue weighted by Gasteiger charge is 2.26. The predicted molar refractivity (Wildman–Crippen MR) is 81.5 cm³/mol. The summed E-state index contributed by atoms with van der Waals surface area (Å²) in [5, 5.41) is 7.40.